The fourth-order valence-electron chi connectivity index (χ4n) is 3.18. The predicted octanol–water partition coefficient (Wildman–Crippen LogP) is 2.37. The van der Waals surface area contributed by atoms with Crippen LogP contribution in [0, 0.1) is 6.92 Å². The van der Waals surface area contributed by atoms with Crippen LogP contribution in [0.2, 0.25) is 0 Å². The molecule has 114 valence electrons. The maximum Gasteiger partial charge on any atom is 0.0798 e. The first kappa shape index (κ1) is 14.7. The largest absolute Gasteiger partial charge is 0.394 e. The van der Waals surface area contributed by atoms with E-state index in [1.54, 1.807) is 11.3 Å². The Kier molecular flexibility index (Phi) is 4.37. The molecule has 0 spiro atoms. The molecule has 21 heavy (non-hydrogen) atoms. The SMILES string of the molecule is Cc1ncsc1C(C)NC1CCCc2c1cnn2CCO. The maximum atomic E-state index is 9.12. The molecule has 3 rings (SSSR count). The number of aliphatic hydroxyl groups is 1. The average Bonchev–Trinajstić information content (AvgIpc) is 3.07. The second-order valence-corrected chi connectivity index (χ2v) is 6.51. The molecule has 2 heterocycles. The van der Waals surface area contributed by atoms with E-state index in [1.807, 2.05) is 16.4 Å². The molecule has 2 atom stereocenters. The molecule has 0 aromatic carbocycles. The highest BCUT2D eigenvalue weighted by Crippen LogP contribution is 2.32. The third-order valence-electron chi connectivity index (χ3n) is 4.20. The molecule has 5 nitrogen and oxygen atoms in total. The summed E-state index contributed by atoms with van der Waals surface area (Å²) >= 11 is 1.71. The minimum absolute atomic E-state index is 0.142. The van der Waals surface area contributed by atoms with E-state index in [0.29, 0.717) is 18.6 Å². The molecule has 0 aliphatic heterocycles. The Labute approximate surface area is 129 Å². The van der Waals surface area contributed by atoms with E-state index < -0.39 is 0 Å². The number of fused-ring (bicyclic) bond motifs is 1. The van der Waals surface area contributed by atoms with Crippen LogP contribution in [-0.4, -0.2) is 26.5 Å². The Bertz CT molecular complexity index is 607. The Hall–Kier alpha value is -1.24. The van der Waals surface area contributed by atoms with Crippen molar-refractivity contribution in [3.8, 4) is 0 Å². The molecule has 0 bridgehead atoms. The molecule has 2 aromatic rings. The topological polar surface area (TPSA) is 63.0 Å². The number of nitrogens with zero attached hydrogens (tertiary/aromatic N) is 3. The van der Waals surface area contributed by atoms with Crippen molar-refractivity contribution in [2.24, 2.45) is 0 Å². The van der Waals surface area contributed by atoms with Crippen molar-refractivity contribution < 1.29 is 5.11 Å². The van der Waals surface area contributed by atoms with Crippen LogP contribution in [0.15, 0.2) is 11.7 Å². The summed E-state index contributed by atoms with van der Waals surface area (Å²) in [4.78, 5) is 5.65. The molecule has 1 aliphatic carbocycles. The number of nitrogens with one attached hydrogen (secondary N) is 1. The van der Waals surface area contributed by atoms with E-state index in [2.05, 4.69) is 29.2 Å². The standard InChI is InChI=1S/C15H22N4OS/c1-10-15(21-9-16-10)11(2)18-13-4-3-5-14-12(13)8-17-19(14)6-7-20/h8-9,11,13,18,20H,3-7H2,1-2H3. The normalized spacial score (nSPS) is 19.5. The van der Waals surface area contributed by atoms with Crippen molar-refractivity contribution >= 4 is 11.3 Å². The average molecular weight is 306 g/mol. The lowest BCUT2D eigenvalue weighted by molar-refractivity contribution is 0.266. The van der Waals surface area contributed by atoms with Crippen molar-refractivity contribution in [3.63, 3.8) is 0 Å². The smallest absolute Gasteiger partial charge is 0.0798 e. The molecule has 1 aliphatic rings. The lowest BCUT2D eigenvalue weighted by atomic mass is 9.92. The van der Waals surface area contributed by atoms with Crippen molar-refractivity contribution in [3.05, 3.63) is 33.5 Å². The van der Waals surface area contributed by atoms with E-state index in [0.717, 1.165) is 25.0 Å². The monoisotopic (exact) mass is 306 g/mol. The molecule has 0 radical (unpaired) electrons. The first-order chi connectivity index (χ1) is 10.2. The van der Waals surface area contributed by atoms with E-state index in [1.165, 1.54) is 16.1 Å². The Morgan fingerprint density at radius 3 is 3.14 bits per heavy atom. The van der Waals surface area contributed by atoms with Gasteiger partial charge in [0, 0.05) is 28.2 Å². The number of aryl methyl sites for hydroxylation is 1. The number of hydrogen-bond acceptors (Lipinski definition) is 5. The van der Waals surface area contributed by atoms with Gasteiger partial charge in [-0.15, -0.1) is 11.3 Å². The molecular formula is C15H22N4OS. The van der Waals surface area contributed by atoms with Crippen molar-refractivity contribution in [2.75, 3.05) is 6.61 Å². The Morgan fingerprint density at radius 2 is 2.43 bits per heavy atom. The summed E-state index contributed by atoms with van der Waals surface area (Å²) in [5, 5.41) is 17.3. The summed E-state index contributed by atoms with van der Waals surface area (Å²) in [6, 6.07) is 0.646. The van der Waals surface area contributed by atoms with Gasteiger partial charge < -0.3 is 10.4 Å². The number of rotatable bonds is 5. The first-order valence-corrected chi connectivity index (χ1v) is 8.40. The number of thiazole rings is 1. The highest BCUT2D eigenvalue weighted by Gasteiger charge is 2.26. The summed E-state index contributed by atoms with van der Waals surface area (Å²) in [7, 11) is 0. The van der Waals surface area contributed by atoms with Crippen molar-refractivity contribution in [1.29, 1.82) is 0 Å². The van der Waals surface area contributed by atoms with Gasteiger partial charge in [-0.2, -0.15) is 5.10 Å². The highest BCUT2D eigenvalue weighted by molar-refractivity contribution is 7.09. The molecule has 2 unspecified atom stereocenters. The maximum absolute atomic E-state index is 9.12. The molecule has 0 amide bonds. The molecule has 0 fully saturated rings. The van der Waals surface area contributed by atoms with Gasteiger partial charge >= 0.3 is 0 Å². The van der Waals surface area contributed by atoms with Gasteiger partial charge in [0.15, 0.2) is 0 Å². The second-order valence-electron chi connectivity index (χ2n) is 5.63. The fourth-order valence-corrected chi connectivity index (χ4v) is 4.00. The number of aliphatic hydroxyl groups excluding tert-OH is 1. The van der Waals surface area contributed by atoms with E-state index in [-0.39, 0.29) is 6.61 Å². The zero-order valence-corrected chi connectivity index (χ0v) is 13.4. The second kappa shape index (κ2) is 6.25. The van der Waals surface area contributed by atoms with Crippen LogP contribution in [-0.2, 0) is 13.0 Å². The van der Waals surface area contributed by atoms with E-state index in [9.17, 15) is 0 Å². The minimum atomic E-state index is 0.142. The van der Waals surface area contributed by atoms with Crippen molar-refractivity contribution in [1.82, 2.24) is 20.1 Å². The van der Waals surface area contributed by atoms with Gasteiger partial charge in [-0.25, -0.2) is 4.98 Å². The van der Waals surface area contributed by atoms with Gasteiger partial charge in [0.25, 0.3) is 0 Å². The zero-order chi connectivity index (χ0) is 14.8. The summed E-state index contributed by atoms with van der Waals surface area (Å²) in [6.45, 7) is 5.00. The molecule has 6 heteroatoms. The summed E-state index contributed by atoms with van der Waals surface area (Å²) in [5.74, 6) is 0. The molecular weight excluding hydrogens is 284 g/mol. The van der Waals surface area contributed by atoms with Crippen LogP contribution in [0.25, 0.3) is 0 Å². The number of aromatic nitrogens is 3. The van der Waals surface area contributed by atoms with Gasteiger partial charge in [-0.3, -0.25) is 4.68 Å². The molecule has 0 saturated carbocycles. The van der Waals surface area contributed by atoms with Gasteiger partial charge in [-0.05, 0) is 33.1 Å². The summed E-state index contributed by atoms with van der Waals surface area (Å²) in [5.41, 5.74) is 5.60. The lowest BCUT2D eigenvalue weighted by Crippen LogP contribution is -2.28. The molecule has 2 N–H and O–H groups in total. The number of hydrogen-bond donors (Lipinski definition) is 2. The third-order valence-corrected chi connectivity index (χ3v) is 5.32. The van der Waals surface area contributed by atoms with Gasteiger partial charge in [0.05, 0.1) is 30.6 Å². The zero-order valence-electron chi connectivity index (χ0n) is 12.5. The van der Waals surface area contributed by atoms with Crippen LogP contribution in [0.1, 0.15) is 53.7 Å². The Balaban J connectivity index is 1.78. The lowest BCUT2D eigenvalue weighted by Gasteiger charge is -2.27. The van der Waals surface area contributed by atoms with Crippen LogP contribution in [0.3, 0.4) is 0 Å². The predicted molar refractivity (Wildman–Crippen MR) is 83.4 cm³/mol. The highest BCUT2D eigenvalue weighted by atomic mass is 32.1. The summed E-state index contributed by atoms with van der Waals surface area (Å²) in [6.07, 6.45) is 5.33. The van der Waals surface area contributed by atoms with E-state index >= 15 is 0 Å². The minimum Gasteiger partial charge on any atom is -0.394 e. The first-order valence-electron chi connectivity index (χ1n) is 7.52. The van der Waals surface area contributed by atoms with Gasteiger partial charge in [-0.1, -0.05) is 0 Å². The van der Waals surface area contributed by atoms with Gasteiger partial charge in [0.2, 0.25) is 0 Å². The quantitative estimate of drug-likeness (QED) is 0.890. The fraction of sp³-hybridized carbons (Fsp3) is 0.600. The van der Waals surface area contributed by atoms with Crippen molar-refractivity contribution in [2.45, 2.75) is 51.7 Å². The van der Waals surface area contributed by atoms with Crippen LogP contribution >= 0.6 is 11.3 Å². The Morgan fingerprint density at radius 1 is 1.57 bits per heavy atom. The van der Waals surface area contributed by atoms with Gasteiger partial charge in [0.1, 0.15) is 0 Å². The third kappa shape index (κ3) is 2.88. The van der Waals surface area contributed by atoms with E-state index in [4.69, 9.17) is 5.11 Å². The molecule has 0 saturated heterocycles. The molecule has 2 aromatic heterocycles. The van der Waals surface area contributed by atoms with Crippen LogP contribution in [0.4, 0.5) is 0 Å². The van der Waals surface area contributed by atoms with Crippen LogP contribution < -0.4 is 5.32 Å². The van der Waals surface area contributed by atoms with Crippen LogP contribution in [0.5, 0.6) is 0 Å². The summed E-state index contributed by atoms with van der Waals surface area (Å²) < 4.78 is 1.95.